The lowest BCUT2D eigenvalue weighted by atomic mass is 10.3. The van der Waals surface area contributed by atoms with Crippen molar-refractivity contribution in [2.24, 2.45) is 0 Å². The molecular weight excluding hydrogens is 212 g/mol. The number of hydrogen-bond donors (Lipinski definition) is 2. The second kappa shape index (κ2) is 9.67. The van der Waals surface area contributed by atoms with Crippen LogP contribution in [0.25, 0.3) is 0 Å². The number of carboxylic acids is 1. The van der Waals surface area contributed by atoms with Crippen LogP contribution in [0.15, 0.2) is 37.0 Å². The van der Waals surface area contributed by atoms with Crippen LogP contribution in [-0.4, -0.2) is 35.4 Å². The van der Waals surface area contributed by atoms with Gasteiger partial charge in [-0.3, -0.25) is 0 Å². The van der Waals surface area contributed by atoms with E-state index in [-0.39, 0.29) is 24.4 Å². The third-order valence-corrected chi connectivity index (χ3v) is 1.18. The number of ether oxygens (including phenoxy) is 1. The van der Waals surface area contributed by atoms with Gasteiger partial charge in [0.2, 0.25) is 0 Å². The van der Waals surface area contributed by atoms with Gasteiger partial charge in [-0.1, -0.05) is 25.8 Å². The molecule has 0 amide bonds. The second-order valence-corrected chi connectivity index (χ2v) is 2.73. The van der Waals surface area contributed by atoms with E-state index in [1.807, 2.05) is 0 Å². The van der Waals surface area contributed by atoms with Crippen LogP contribution in [0.4, 0.5) is 0 Å². The van der Waals surface area contributed by atoms with E-state index in [9.17, 15) is 9.59 Å². The quantitative estimate of drug-likeness (QED) is 0.415. The highest BCUT2D eigenvalue weighted by atomic mass is 16.5. The molecule has 0 aromatic heterocycles. The minimum absolute atomic E-state index is 0.0573. The molecule has 0 radical (unpaired) electrons. The van der Waals surface area contributed by atoms with E-state index < -0.39 is 11.9 Å². The molecule has 0 fully saturated rings. The molecule has 0 aliphatic carbocycles. The summed E-state index contributed by atoms with van der Waals surface area (Å²) in [7, 11) is 0. The van der Waals surface area contributed by atoms with Gasteiger partial charge in [0.15, 0.2) is 0 Å². The minimum atomic E-state index is -0.935. The molecule has 90 valence electrons. The van der Waals surface area contributed by atoms with Gasteiger partial charge in [-0.15, -0.1) is 0 Å². The van der Waals surface area contributed by atoms with Crippen LogP contribution in [-0.2, 0) is 14.3 Å². The summed E-state index contributed by atoms with van der Waals surface area (Å²) in [5.74, 6) is -1.52. The molecule has 5 nitrogen and oxygen atoms in total. The van der Waals surface area contributed by atoms with E-state index in [0.29, 0.717) is 0 Å². The van der Waals surface area contributed by atoms with Crippen molar-refractivity contribution in [1.29, 1.82) is 0 Å². The average molecular weight is 228 g/mol. The van der Waals surface area contributed by atoms with Gasteiger partial charge >= 0.3 is 11.9 Å². The van der Waals surface area contributed by atoms with Crippen LogP contribution in [0, 0.1) is 0 Å². The predicted molar refractivity (Wildman–Crippen MR) is 59.8 cm³/mol. The fourth-order valence-corrected chi connectivity index (χ4v) is 0.301. The number of carboxylic acid groups (broad SMARTS) is 1. The molecule has 2 N–H and O–H groups in total. The molecule has 5 heteroatoms. The highest BCUT2D eigenvalue weighted by Crippen LogP contribution is 1.91. The van der Waals surface area contributed by atoms with Crippen molar-refractivity contribution < 1.29 is 24.5 Å². The van der Waals surface area contributed by atoms with Crippen molar-refractivity contribution >= 4 is 11.9 Å². The Morgan fingerprint density at radius 2 is 1.81 bits per heavy atom. The molecule has 0 spiro atoms. The zero-order valence-electron chi connectivity index (χ0n) is 9.23. The first-order chi connectivity index (χ1) is 7.36. The molecule has 0 bridgehead atoms. The van der Waals surface area contributed by atoms with Crippen LogP contribution in [0.1, 0.15) is 6.92 Å². The van der Waals surface area contributed by atoms with Gasteiger partial charge in [-0.2, -0.15) is 0 Å². The Bertz CT molecular complexity index is 279. The molecule has 0 aromatic carbocycles. The van der Waals surface area contributed by atoms with E-state index in [4.69, 9.17) is 10.2 Å². The zero-order chi connectivity index (χ0) is 13.1. The normalized spacial score (nSPS) is 8.12. The number of carbonyl (C=O) groups is 2. The average Bonchev–Trinajstić information content (AvgIpc) is 2.25. The Balaban J connectivity index is 0. The maximum Gasteiger partial charge on any atom is 0.336 e. The molecule has 0 atom stereocenters. The van der Waals surface area contributed by atoms with Crippen molar-refractivity contribution in [3.8, 4) is 0 Å². The first-order valence-corrected chi connectivity index (χ1v) is 4.32. The van der Waals surface area contributed by atoms with Crippen molar-refractivity contribution in [2.45, 2.75) is 6.92 Å². The van der Waals surface area contributed by atoms with Crippen LogP contribution < -0.4 is 0 Å². The number of hydrogen-bond acceptors (Lipinski definition) is 4. The number of aliphatic hydroxyl groups excluding tert-OH is 1. The fourth-order valence-electron chi connectivity index (χ4n) is 0.301. The Labute approximate surface area is 94.4 Å². The summed E-state index contributed by atoms with van der Waals surface area (Å²) in [6, 6.07) is 0. The standard InChI is InChI=1S/C7H10O3.C4H6O2/c1-3-4-10-7(9)6(2)5-8;1-3(2)4(5)6/h3,8H,1-2,4-5H2;1H2,2H3,(H,5,6). The van der Waals surface area contributed by atoms with Crippen molar-refractivity contribution in [1.82, 2.24) is 0 Å². The summed E-state index contributed by atoms with van der Waals surface area (Å²) in [6.45, 7) is 11.0. The predicted octanol–water partition coefficient (Wildman–Crippen LogP) is 0.911. The van der Waals surface area contributed by atoms with Crippen LogP contribution in [0.5, 0.6) is 0 Å². The molecule has 0 unspecified atom stereocenters. The topological polar surface area (TPSA) is 83.8 Å². The summed E-state index contributed by atoms with van der Waals surface area (Å²) >= 11 is 0. The van der Waals surface area contributed by atoms with E-state index in [0.717, 1.165) is 0 Å². The summed E-state index contributed by atoms with van der Waals surface area (Å²) in [5, 5.41) is 16.3. The molecule has 16 heavy (non-hydrogen) atoms. The first-order valence-electron chi connectivity index (χ1n) is 4.32. The lowest BCUT2D eigenvalue weighted by molar-refractivity contribution is -0.138. The van der Waals surface area contributed by atoms with E-state index in [2.05, 4.69) is 24.5 Å². The summed E-state index contributed by atoms with van der Waals surface area (Å²) < 4.78 is 4.53. The molecular formula is C11H16O5. The van der Waals surface area contributed by atoms with Gasteiger partial charge in [-0.05, 0) is 6.92 Å². The van der Waals surface area contributed by atoms with Crippen LogP contribution in [0.2, 0.25) is 0 Å². The summed E-state index contributed by atoms with van der Waals surface area (Å²) in [5.41, 5.74) is 0.233. The van der Waals surface area contributed by atoms with Crippen LogP contribution >= 0.6 is 0 Å². The highest BCUT2D eigenvalue weighted by Gasteiger charge is 2.04. The third kappa shape index (κ3) is 10.2. The Hall–Kier alpha value is -1.88. The van der Waals surface area contributed by atoms with Gasteiger partial charge in [0.05, 0.1) is 12.2 Å². The first kappa shape index (κ1) is 16.5. The monoisotopic (exact) mass is 228 g/mol. The van der Waals surface area contributed by atoms with Crippen molar-refractivity contribution in [3.05, 3.63) is 37.0 Å². The molecule has 0 saturated heterocycles. The van der Waals surface area contributed by atoms with Gasteiger partial charge in [-0.25, -0.2) is 9.59 Å². The largest absolute Gasteiger partial charge is 0.478 e. The summed E-state index contributed by atoms with van der Waals surface area (Å²) in [6.07, 6.45) is 1.45. The molecule has 0 aliphatic rings. The van der Waals surface area contributed by atoms with Gasteiger partial charge in [0.25, 0.3) is 0 Å². The number of aliphatic carboxylic acids is 1. The Morgan fingerprint density at radius 3 is 2.06 bits per heavy atom. The lowest BCUT2D eigenvalue weighted by Crippen LogP contribution is -2.09. The molecule has 0 heterocycles. The number of esters is 1. The van der Waals surface area contributed by atoms with E-state index >= 15 is 0 Å². The minimum Gasteiger partial charge on any atom is -0.478 e. The zero-order valence-corrected chi connectivity index (χ0v) is 9.23. The van der Waals surface area contributed by atoms with E-state index in [1.165, 1.54) is 13.0 Å². The van der Waals surface area contributed by atoms with Gasteiger partial charge in [0, 0.05) is 5.57 Å². The molecule has 0 saturated carbocycles. The SMILES string of the molecule is C=C(C)C(=O)O.C=CCOC(=O)C(=C)CO. The van der Waals surface area contributed by atoms with Crippen molar-refractivity contribution in [3.63, 3.8) is 0 Å². The van der Waals surface area contributed by atoms with Gasteiger partial charge in [0.1, 0.15) is 6.61 Å². The summed E-state index contributed by atoms with van der Waals surface area (Å²) in [4.78, 5) is 20.2. The Kier molecular flexibility index (Phi) is 10.00. The number of aliphatic hydroxyl groups is 1. The maximum atomic E-state index is 10.6. The number of carbonyl (C=O) groups excluding carboxylic acids is 1. The third-order valence-electron chi connectivity index (χ3n) is 1.18. The lowest BCUT2D eigenvalue weighted by Gasteiger charge is -2.00. The number of rotatable bonds is 5. The highest BCUT2D eigenvalue weighted by molar-refractivity contribution is 5.87. The molecule has 0 rings (SSSR count). The maximum absolute atomic E-state index is 10.6. The fraction of sp³-hybridized carbons (Fsp3) is 0.273. The van der Waals surface area contributed by atoms with Gasteiger partial charge < -0.3 is 14.9 Å². The second-order valence-electron chi connectivity index (χ2n) is 2.73. The molecule has 0 aliphatic heterocycles. The smallest absolute Gasteiger partial charge is 0.336 e. The molecule has 0 aromatic rings. The van der Waals surface area contributed by atoms with Crippen LogP contribution in [0.3, 0.4) is 0 Å². The van der Waals surface area contributed by atoms with E-state index in [1.54, 1.807) is 0 Å². The van der Waals surface area contributed by atoms with Crippen molar-refractivity contribution in [2.75, 3.05) is 13.2 Å². The Morgan fingerprint density at radius 1 is 1.38 bits per heavy atom.